The number of benzene rings is 3. The van der Waals surface area contributed by atoms with Crippen LogP contribution < -0.4 is 19.3 Å². The van der Waals surface area contributed by atoms with Crippen molar-refractivity contribution in [2.24, 2.45) is 0 Å². The lowest BCUT2D eigenvalue weighted by Gasteiger charge is -2.21. The van der Waals surface area contributed by atoms with E-state index in [1.807, 2.05) is 48.5 Å². The van der Waals surface area contributed by atoms with Crippen molar-refractivity contribution in [3.63, 3.8) is 0 Å². The highest BCUT2D eigenvalue weighted by molar-refractivity contribution is 6.05. The number of hydrogen-bond donors (Lipinski definition) is 0. The number of ether oxygens (including phenoxy) is 2. The monoisotopic (exact) mass is 412 g/mol. The Morgan fingerprint density at radius 2 is 1.03 bits per heavy atom. The number of fused-ring (bicyclic) bond motifs is 6. The van der Waals surface area contributed by atoms with Crippen LogP contribution in [-0.2, 0) is 9.59 Å². The van der Waals surface area contributed by atoms with Crippen LogP contribution >= 0.6 is 0 Å². The molecule has 3 aromatic carbocycles. The highest BCUT2D eigenvalue weighted by Gasteiger charge is 2.41. The van der Waals surface area contributed by atoms with E-state index in [-0.39, 0.29) is 11.8 Å². The van der Waals surface area contributed by atoms with Gasteiger partial charge in [-0.05, 0) is 42.8 Å². The highest BCUT2D eigenvalue weighted by Crippen LogP contribution is 2.41. The van der Waals surface area contributed by atoms with E-state index < -0.39 is 12.2 Å². The minimum absolute atomic E-state index is 0.0811. The predicted molar refractivity (Wildman–Crippen MR) is 115 cm³/mol. The van der Waals surface area contributed by atoms with E-state index in [0.717, 1.165) is 22.5 Å². The summed E-state index contributed by atoms with van der Waals surface area (Å²) in [6.45, 7) is 1.01. The second-order valence-corrected chi connectivity index (χ2v) is 7.92. The molecule has 31 heavy (non-hydrogen) atoms. The molecule has 0 radical (unpaired) electrons. The topological polar surface area (TPSA) is 59.1 Å². The van der Waals surface area contributed by atoms with E-state index in [9.17, 15) is 9.59 Å². The molecule has 0 unspecified atom stereocenters. The van der Waals surface area contributed by atoms with Crippen molar-refractivity contribution in [3.05, 3.63) is 83.9 Å². The van der Waals surface area contributed by atoms with E-state index in [1.165, 1.54) is 0 Å². The second kappa shape index (κ2) is 6.87. The number of anilines is 2. The summed E-state index contributed by atoms with van der Waals surface area (Å²) < 4.78 is 12.2. The zero-order valence-electron chi connectivity index (χ0n) is 16.7. The van der Waals surface area contributed by atoms with E-state index in [4.69, 9.17) is 9.47 Å². The number of nitrogens with zero attached hydrogens (tertiary/aromatic N) is 2. The molecule has 0 N–H and O–H groups in total. The fraction of sp³-hybridized carbons (Fsp3) is 0.200. The smallest absolute Gasteiger partial charge is 0.272 e. The lowest BCUT2D eigenvalue weighted by atomic mass is 10.1. The molecule has 2 atom stereocenters. The SMILES string of the molecule is O=C1[C@H]2Oc3ccc(cc3)O[C@@H]3C(=O)N(CCCN1c1ccccc12)c1ccccc13. The molecular formula is C25H20N2O4. The zero-order valence-corrected chi connectivity index (χ0v) is 16.7. The summed E-state index contributed by atoms with van der Waals surface area (Å²) >= 11 is 0. The van der Waals surface area contributed by atoms with Gasteiger partial charge in [0, 0.05) is 24.2 Å². The molecule has 4 aliphatic heterocycles. The Kier molecular flexibility index (Phi) is 3.99. The predicted octanol–water partition coefficient (Wildman–Crippen LogP) is 4.02. The van der Waals surface area contributed by atoms with Gasteiger partial charge in [-0.15, -0.1) is 0 Å². The van der Waals surface area contributed by atoms with E-state index in [0.29, 0.717) is 31.0 Å². The van der Waals surface area contributed by atoms with Crippen molar-refractivity contribution < 1.29 is 19.1 Å². The number of rotatable bonds is 0. The first kappa shape index (κ1) is 18.0. The van der Waals surface area contributed by atoms with Gasteiger partial charge in [-0.25, -0.2) is 0 Å². The summed E-state index contributed by atoms with van der Waals surface area (Å²) in [5.41, 5.74) is 3.47. The summed E-state index contributed by atoms with van der Waals surface area (Å²) in [6.07, 6.45) is -0.706. The standard InChI is InChI=1S/C25H20N2O4/c28-24-22-18-6-1-3-8-20(18)26(24)14-5-15-27-21-9-4-2-7-19(21)23(25(27)29)31-17-12-10-16(30-22)11-13-17/h1-4,6-13,22-23H,5,14-15H2/t22-,23-/m0/s1. The van der Waals surface area contributed by atoms with Gasteiger partial charge in [0.25, 0.3) is 11.8 Å². The Balaban J connectivity index is 1.43. The quantitative estimate of drug-likeness (QED) is 0.560. The van der Waals surface area contributed by atoms with Crippen LogP contribution in [0.5, 0.6) is 11.5 Å². The summed E-state index contributed by atoms with van der Waals surface area (Å²) in [7, 11) is 0. The summed E-state index contributed by atoms with van der Waals surface area (Å²) in [4.78, 5) is 30.0. The molecule has 0 aliphatic carbocycles. The zero-order chi connectivity index (χ0) is 20.9. The number of hydrogen-bond acceptors (Lipinski definition) is 4. The van der Waals surface area contributed by atoms with Crippen molar-refractivity contribution in [2.45, 2.75) is 18.6 Å². The van der Waals surface area contributed by atoms with Crippen LogP contribution in [0.4, 0.5) is 11.4 Å². The minimum Gasteiger partial charge on any atom is -0.476 e. The normalized spacial score (nSPS) is 21.7. The highest BCUT2D eigenvalue weighted by atomic mass is 16.5. The Hall–Kier alpha value is -3.80. The van der Waals surface area contributed by atoms with E-state index in [1.54, 1.807) is 34.1 Å². The molecular weight excluding hydrogens is 392 g/mol. The largest absolute Gasteiger partial charge is 0.476 e. The van der Waals surface area contributed by atoms with Crippen molar-refractivity contribution in [2.75, 3.05) is 22.9 Å². The van der Waals surface area contributed by atoms with E-state index in [2.05, 4.69) is 0 Å². The third-order valence-electron chi connectivity index (χ3n) is 6.10. The average molecular weight is 412 g/mol. The van der Waals surface area contributed by atoms with Gasteiger partial charge < -0.3 is 19.3 Å². The lowest BCUT2D eigenvalue weighted by molar-refractivity contribution is -0.125. The summed E-state index contributed by atoms with van der Waals surface area (Å²) in [6, 6.07) is 22.6. The molecule has 0 fully saturated rings. The van der Waals surface area contributed by atoms with Crippen molar-refractivity contribution in [1.29, 1.82) is 0 Å². The number of para-hydroxylation sites is 2. The van der Waals surface area contributed by atoms with Gasteiger partial charge in [-0.2, -0.15) is 0 Å². The van der Waals surface area contributed by atoms with Gasteiger partial charge in [0.2, 0.25) is 12.2 Å². The third-order valence-corrected chi connectivity index (χ3v) is 6.10. The molecule has 0 spiro atoms. The average Bonchev–Trinajstić information content (AvgIpc) is 3.21. The van der Waals surface area contributed by atoms with Crippen LogP contribution in [0.1, 0.15) is 29.8 Å². The van der Waals surface area contributed by atoms with Gasteiger partial charge in [0.15, 0.2) is 0 Å². The number of amides is 2. The number of carbonyl (C=O) groups excluding carboxylic acids is 2. The van der Waals surface area contributed by atoms with Crippen LogP contribution in [0, 0.1) is 0 Å². The second-order valence-electron chi connectivity index (χ2n) is 7.92. The summed E-state index contributed by atoms with van der Waals surface area (Å²) in [5, 5.41) is 0. The molecule has 154 valence electrons. The van der Waals surface area contributed by atoms with Gasteiger partial charge in [-0.1, -0.05) is 36.4 Å². The van der Waals surface area contributed by atoms with Crippen molar-refractivity contribution >= 4 is 23.2 Å². The van der Waals surface area contributed by atoms with Crippen LogP contribution in [0.3, 0.4) is 0 Å². The minimum atomic E-state index is -0.674. The van der Waals surface area contributed by atoms with Crippen LogP contribution in [-0.4, -0.2) is 24.9 Å². The Morgan fingerprint density at radius 3 is 1.48 bits per heavy atom. The Bertz CT molecular complexity index is 1100. The molecule has 6 bridgehead atoms. The third kappa shape index (κ3) is 2.79. The molecule has 0 saturated heterocycles. The van der Waals surface area contributed by atoms with Gasteiger partial charge in [0.05, 0.1) is 11.4 Å². The Morgan fingerprint density at radius 1 is 0.613 bits per heavy atom. The number of carbonyl (C=O) groups is 2. The molecule has 0 saturated carbocycles. The first-order valence-electron chi connectivity index (χ1n) is 10.4. The maximum atomic E-state index is 13.2. The fourth-order valence-corrected chi connectivity index (χ4v) is 4.64. The molecule has 2 amide bonds. The Labute approximate surface area is 179 Å². The van der Waals surface area contributed by atoms with Crippen LogP contribution in [0.25, 0.3) is 0 Å². The molecule has 7 rings (SSSR count). The lowest BCUT2D eigenvalue weighted by Crippen LogP contribution is -2.36. The van der Waals surface area contributed by atoms with Gasteiger partial charge in [-0.3, -0.25) is 9.59 Å². The molecule has 0 aromatic heterocycles. The molecule has 6 nitrogen and oxygen atoms in total. The molecule has 6 heteroatoms. The summed E-state index contributed by atoms with van der Waals surface area (Å²) in [5.74, 6) is 0.999. The fourth-order valence-electron chi connectivity index (χ4n) is 4.64. The molecule has 3 aromatic rings. The van der Waals surface area contributed by atoms with Crippen molar-refractivity contribution in [1.82, 2.24) is 0 Å². The van der Waals surface area contributed by atoms with Gasteiger partial charge in [0.1, 0.15) is 11.5 Å². The first-order chi connectivity index (χ1) is 15.2. The molecule has 4 heterocycles. The van der Waals surface area contributed by atoms with E-state index >= 15 is 0 Å². The maximum Gasteiger partial charge on any atom is 0.272 e. The first-order valence-corrected chi connectivity index (χ1v) is 10.4. The molecule has 4 aliphatic rings. The van der Waals surface area contributed by atoms with Crippen LogP contribution in [0.2, 0.25) is 0 Å². The van der Waals surface area contributed by atoms with Crippen LogP contribution in [0.15, 0.2) is 72.8 Å². The maximum absolute atomic E-state index is 13.2. The van der Waals surface area contributed by atoms with Crippen molar-refractivity contribution in [3.8, 4) is 11.5 Å². The van der Waals surface area contributed by atoms with Gasteiger partial charge >= 0.3 is 0 Å².